The lowest BCUT2D eigenvalue weighted by molar-refractivity contribution is -0.614. The van der Waals surface area contributed by atoms with Crippen LogP contribution >= 0.6 is 11.6 Å². The van der Waals surface area contributed by atoms with Crippen molar-refractivity contribution in [2.75, 3.05) is 13.7 Å². The first kappa shape index (κ1) is 35.4. The third kappa shape index (κ3) is 11.1. The Morgan fingerprint density at radius 1 is 1.02 bits per heavy atom. The van der Waals surface area contributed by atoms with Gasteiger partial charge in [0.2, 0.25) is 21.8 Å². The third-order valence-electron chi connectivity index (χ3n) is 6.84. The Bertz CT molecular complexity index is 1590. The van der Waals surface area contributed by atoms with E-state index in [0.29, 0.717) is 32.1 Å². The third-order valence-corrected chi connectivity index (χ3v) is 8.44. The SMILES string of the molecule is COC(=O)Cc1ccc(CS(=O)(=O)N[C@H](CCc2cccc[n+]2[O-])C(=O)N[C@@H](CO)C(=O)NCc2cc(Cl)ccc2CN)cc1. The lowest BCUT2D eigenvalue weighted by Crippen LogP contribution is -2.55. The summed E-state index contributed by atoms with van der Waals surface area (Å²) in [7, 11) is -2.86. The lowest BCUT2D eigenvalue weighted by Gasteiger charge is -2.22. The molecule has 0 bridgehead atoms. The number of sulfonamides is 1. The van der Waals surface area contributed by atoms with Crippen molar-refractivity contribution in [2.45, 2.75) is 50.2 Å². The van der Waals surface area contributed by atoms with Crippen LogP contribution in [0.4, 0.5) is 0 Å². The van der Waals surface area contributed by atoms with Gasteiger partial charge in [0, 0.05) is 36.7 Å². The number of amides is 2. The van der Waals surface area contributed by atoms with E-state index in [0.717, 1.165) is 5.56 Å². The van der Waals surface area contributed by atoms with E-state index >= 15 is 0 Å². The van der Waals surface area contributed by atoms with Crippen LogP contribution in [0, 0.1) is 5.21 Å². The standard InChI is InChI=1S/C30H36ClN5O8S/c1-44-28(38)14-20-5-7-21(8-6-20)19-45(42,43)35-26(12-11-25-4-2-3-13-36(25)41)30(40)34-27(18-37)29(39)33-17-23-15-24(31)10-9-22(23)16-32/h2-10,13,15,26-27,35,37H,11-12,14,16-19,32H2,1H3,(H,33,39)(H,34,40)/t26-,27+/m1/s1. The molecular weight excluding hydrogens is 626 g/mol. The molecule has 0 aliphatic carbocycles. The molecule has 0 saturated carbocycles. The Hall–Kier alpha value is -4.08. The number of nitrogens with one attached hydrogen (secondary N) is 3. The maximum Gasteiger partial charge on any atom is 0.309 e. The molecule has 0 saturated heterocycles. The summed E-state index contributed by atoms with van der Waals surface area (Å²) in [5, 5.41) is 27.5. The van der Waals surface area contributed by atoms with Gasteiger partial charge in [-0.05, 0) is 40.8 Å². The topological polar surface area (TPSA) is 204 Å². The zero-order valence-electron chi connectivity index (χ0n) is 24.6. The van der Waals surface area contributed by atoms with E-state index in [2.05, 4.69) is 20.1 Å². The number of pyridine rings is 1. The molecule has 242 valence electrons. The Morgan fingerprint density at radius 2 is 1.73 bits per heavy atom. The molecule has 3 rings (SSSR count). The summed E-state index contributed by atoms with van der Waals surface area (Å²) >= 11 is 6.06. The number of hydrogen-bond donors (Lipinski definition) is 5. The number of aryl methyl sites for hydroxylation is 1. The van der Waals surface area contributed by atoms with Gasteiger partial charge < -0.3 is 31.4 Å². The predicted molar refractivity (Wildman–Crippen MR) is 166 cm³/mol. The smallest absolute Gasteiger partial charge is 0.309 e. The number of nitrogens with two attached hydrogens (primary N) is 1. The summed E-state index contributed by atoms with van der Waals surface area (Å²) in [5.74, 6) is -2.53. The highest BCUT2D eigenvalue weighted by Crippen LogP contribution is 2.16. The summed E-state index contributed by atoms with van der Waals surface area (Å²) in [4.78, 5) is 37.8. The summed E-state index contributed by atoms with van der Waals surface area (Å²) in [5.41, 5.74) is 8.46. The molecule has 45 heavy (non-hydrogen) atoms. The van der Waals surface area contributed by atoms with Crippen molar-refractivity contribution in [2.24, 2.45) is 5.73 Å². The van der Waals surface area contributed by atoms with Crippen molar-refractivity contribution in [3.05, 3.63) is 105 Å². The number of rotatable bonds is 16. The Morgan fingerprint density at radius 3 is 2.38 bits per heavy atom. The molecule has 0 spiro atoms. The molecule has 2 atom stereocenters. The quantitative estimate of drug-likeness (QED) is 0.0816. The normalized spacial score (nSPS) is 12.6. The molecule has 0 radical (unpaired) electrons. The molecule has 1 heterocycles. The zero-order valence-corrected chi connectivity index (χ0v) is 26.1. The summed E-state index contributed by atoms with van der Waals surface area (Å²) in [6.07, 6.45) is 1.20. The van der Waals surface area contributed by atoms with E-state index in [4.69, 9.17) is 17.3 Å². The van der Waals surface area contributed by atoms with Crippen LogP contribution in [-0.4, -0.2) is 57.1 Å². The average molecular weight is 662 g/mol. The molecule has 2 amide bonds. The van der Waals surface area contributed by atoms with Gasteiger partial charge in [-0.3, -0.25) is 14.4 Å². The Kier molecular flexibility index (Phi) is 13.2. The van der Waals surface area contributed by atoms with Crippen LogP contribution in [0.5, 0.6) is 0 Å². The van der Waals surface area contributed by atoms with Gasteiger partial charge in [-0.2, -0.15) is 4.73 Å². The minimum atomic E-state index is -4.13. The second kappa shape index (κ2) is 16.8. The van der Waals surface area contributed by atoms with Gasteiger partial charge in [0.1, 0.15) is 12.1 Å². The van der Waals surface area contributed by atoms with Crippen LogP contribution in [-0.2, 0) is 60.8 Å². The number of halogens is 1. The van der Waals surface area contributed by atoms with Crippen LogP contribution in [0.1, 0.15) is 34.4 Å². The first-order chi connectivity index (χ1) is 21.4. The number of esters is 1. The molecule has 15 heteroatoms. The van der Waals surface area contributed by atoms with Crippen LogP contribution in [0.25, 0.3) is 0 Å². The van der Waals surface area contributed by atoms with E-state index < -0.39 is 52.3 Å². The summed E-state index contributed by atoms with van der Waals surface area (Å²) in [6.45, 7) is -0.551. The minimum absolute atomic E-state index is 0.0181. The highest BCUT2D eigenvalue weighted by molar-refractivity contribution is 7.88. The number of hydrogen-bond acceptors (Lipinski definition) is 9. The molecule has 0 fully saturated rings. The fourth-order valence-electron chi connectivity index (χ4n) is 4.39. The molecular formula is C30H36ClN5O8S. The van der Waals surface area contributed by atoms with E-state index in [1.807, 2.05) is 0 Å². The van der Waals surface area contributed by atoms with E-state index in [9.17, 15) is 33.1 Å². The van der Waals surface area contributed by atoms with Crippen LogP contribution < -0.4 is 25.8 Å². The molecule has 0 aliphatic heterocycles. The van der Waals surface area contributed by atoms with Crippen molar-refractivity contribution in [1.82, 2.24) is 15.4 Å². The molecule has 1 aromatic heterocycles. The summed E-state index contributed by atoms with van der Waals surface area (Å²) < 4.78 is 33.9. The van der Waals surface area contributed by atoms with Crippen molar-refractivity contribution >= 4 is 39.4 Å². The van der Waals surface area contributed by atoms with Gasteiger partial charge in [-0.1, -0.05) is 48.0 Å². The molecule has 0 unspecified atom stereocenters. The molecule has 0 aliphatic rings. The van der Waals surface area contributed by atoms with Crippen molar-refractivity contribution in [1.29, 1.82) is 0 Å². The number of benzene rings is 2. The van der Waals surface area contributed by atoms with Gasteiger partial charge in [-0.15, -0.1) is 0 Å². The first-order valence-electron chi connectivity index (χ1n) is 13.9. The maximum atomic E-state index is 13.4. The number of carbonyl (C=O) groups excluding carboxylic acids is 3. The van der Waals surface area contributed by atoms with Crippen LogP contribution in [0.15, 0.2) is 66.9 Å². The molecule has 6 N–H and O–H groups in total. The number of carbonyl (C=O) groups is 3. The van der Waals surface area contributed by atoms with E-state index in [1.54, 1.807) is 54.6 Å². The largest absolute Gasteiger partial charge is 0.619 e. The highest BCUT2D eigenvalue weighted by atomic mass is 35.5. The van der Waals surface area contributed by atoms with Crippen molar-refractivity contribution in [3.8, 4) is 0 Å². The van der Waals surface area contributed by atoms with Crippen molar-refractivity contribution < 1.29 is 37.4 Å². The van der Waals surface area contributed by atoms with Gasteiger partial charge in [0.15, 0.2) is 11.9 Å². The summed E-state index contributed by atoms with van der Waals surface area (Å²) in [6, 6.07) is 13.2. The Balaban J connectivity index is 1.73. The lowest BCUT2D eigenvalue weighted by atomic mass is 10.1. The van der Waals surface area contributed by atoms with Crippen LogP contribution in [0.2, 0.25) is 5.02 Å². The fraction of sp³-hybridized carbons (Fsp3) is 0.333. The number of methoxy groups -OCH3 is 1. The van der Waals surface area contributed by atoms with Gasteiger partial charge >= 0.3 is 5.97 Å². The number of aliphatic hydroxyl groups excluding tert-OH is 1. The van der Waals surface area contributed by atoms with Gasteiger partial charge in [-0.25, -0.2) is 13.1 Å². The monoisotopic (exact) mass is 661 g/mol. The second-order valence-corrected chi connectivity index (χ2v) is 12.3. The van der Waals surface area contributed by atoms with E-state index in [1.165, 1.54) is 19.4 Å². The second-order valence-electron chi connectivity index (χ2n) is 10.1. The van der Waals surface area contributed by atoms with Crippen molar-refractivity contribution in [3.63, 3.8) is 0 Å². The first-order valence-corrected chi connectivity index (χ1v) is 16.0. The number of aromatic nitrogens is 1. The molecule has 13 nitrogen and oxygen atoms in total. The molecule has 3 aromatic rings. The number of ether oxygens (including phenoxy) is 1. The Labute approximate surface area is 266 Å². The minimum Gasteiger partial charge on any atom is -0.619 e. The van der Waals surface area contributed by atoms with Gasteiger partial charge in [0.25, 0.3) is 0 Å². The van der Waals surface area contributed by atoms with Gasteiger partial charge in [0.05, 0.1) is 25.9 Å². The average Bonchev–Trinajstić information content (AvgIpc) is 3.02. The highest BCUT2D eigenvalue weighted by Gasteiger charge is 2.29. The maximum absolute atomic E-state index is 13.4. The number of aliphatic hydroxyl groups is 1. The van der Waals surface area contributed by atoms with E-state index in [-0.39, 0.29) is 32.4 Å². The predicted octanol–water partition coefficient (Wildman–Crippen LogP) is 0.362. The number of nitrogens with zero attached hydrogens (tertiary/aromatic N) is 1. The zero-order chi connectivity index (χ0) is 33.0. The molecule has 2 aromatic carbocycles. The van der Waals surface area contributed by atoms with Crippen LogP contribution in [0.3, 0.4) is 0 Å². The fourth-order valence-corrected chi connectivity index (χ4v) is 5.96.